The van der Waals surface area contributed by atoms with Gasteiger partial charge in [0.25, 0.3) is 0 Å². The van der Waals surface area contributed by atoms with E-state index < -0.39 is 0 Å². The Balaban J connectivity index is 1.42. The molecule has 0 aromatic heterocycles. The van der Waals surface area contributed by atoms with Crippen LogP contribution in [0, 0.1) is 6.92 Å². The fourth-order valence-electron chi connectivity index (χ4n) is 2.93. The Morgan fingerprint density at radius 2 is 1.69 bits per heavy atom. The minimum atomic E-state index is -0.388. The monoisotopic (exact) mass is 396 g/mol. The zero-order valence-corrected chi connectivity index (χ0v) is 17.7. The molecule has 2 N–H and O–H groups in total. The van der Waals surface area contributed by atoms with Crippen LogP contribution in [0.1, 0.15) is 33.3 Å². The number of anilines is 1. The summed E-state index contributed by atoms with van der Waals surface area (Å²) in [4.78, 5) is 11.9. The quantitative estimate of drug-likeness (QED) is 0.580. The van der Waals surface area contributed by atoms with Gasteiger partial charge >= 0.3 is 13.1 Å². The van der Waals surface area contributed by atoms with Gasteiger partial charge in [0.15, 0.2) is 0 Å². The summed E-state index contributed by atoms with van der Waals surface area (Å²) >= 11 is 0. The number of carbonyl (C=O) groups is 1. The van der Waals surface area contributed by atoms with Gasteiger partial charge < -0.3 is 24.7 Å². The van der Waals surface area contributed by atoms with E-state index in [1.54, 1.807) is 0 Å². The summed E-state index contributed by atoms with van der Waals surface area (Å²) in [7, 11) is -0.388. The molecule has 29 heavy (non-hydrogen) atoms. The number of benzene rings is 2. The van der Waals surface area contributed by atoms with Crippen LogP contribution in [0.5, 0.6) is 5.75 Å². The molecule has 0 bridgehead atoms. The van der Waals surface area contributed by atoms with E-state index in [1.165, 1.54) is 0 Å². The van der Waals surface area contributed by atoms with Crippen LogP contribution in [0.2, 0.25) is 0 Å². The minimum absolute atomic E-state index is 0.254. The van der Waals surface area contributed by atoms with Crippen LogP contribution in [0.4, 0.5) is 10.5 Å². The van der Waals surface area contributed by atoms with Crippen LogP contribution in [-0.2, 0) is 9.31 Å². The van der Waals surface area contributed by atoms with Crippen molar-refractivity contribution in [1.29, 1.82) is 0 Å². The summed E-state index contributed by atoms with van der Waals surface area (Å²) in [5, 5.41) is 5.58. The fourth-order valence-corrected chi connectivity index (χ4v) is 2.93. The largest absolute Gasteiger partial charge is 0.494 e. The molecule has 1 saturated heterocycles. The summed E-state index contributed by atoms with van der Waals surface area (Å²) in [5.74, 6) is 0.728. The average Bonchev–Trinajstić information content (AvgIpc) is 2.87. The Morgan fingerprint density at radius 3 is 2.31 bits per heavy atom. The topological polar surface area (TPSA) is 68.8 Å². The number of nitrogens with one attached hydrogen (secondary N) is 2. The number of hydrogen-bond acceptors (Lipinski definition) is 4. The predicted molar refractivity (Wildman–Crippen MR) is 116 cm³/mol. The molecular weight excluding hydrogens is 367 g/mol. The SMILES string of the molecule is Cc1cccc(NC(=O)NCCOc2ccc(B3OC(C)(C)C(C)(C)O3)cc2)c1. The highest BCUT2D eigenvalue weighted by molar-refractivity contribution is 6.62. The first-order chi connectivity index (χ1) is 13.7. The van der Waals surface area contributed by atoms with Crippen LogP contribution in [0.15, 0.2) is 48.5 Å². The molecule has 0 atom stereocenters. The van der Waals surface area contributed by atoms with Crippen LogP contribution in [0.25, 0.3) is 0 Å². The lowest BCUT2D eigenvalue weighted by molar-refractivity contribution is 0.00578. The summed E-state index contributed by atoms with van der Waals surface area (Å²) in [6.45, 7) is 10.9. The fraction of sp³-hybridized carbons (Fsp3) is 0.409. The van der Waals surface area contributed by atoms with Crippen LogP contribution >= 0.6 is 0 Å². The Hall–Kier alpha value is -2.51. The number of hydrogen-bond donors (Lipinski definition) is 2. The van der Waals surface area contributed by atoms with Gasteiger partial charge in [-0.05, 0) is 69.9 Å². The van der Waals surface area contributed by atoms with Crippen molar-refractivity contribution < 1.29 is 18.8 Å². The summed E-state index contributed by atoms with van der Waals surface area (Å²) in [6.07, 6.45) is 0. The second-order valence-electron chi connectivity index (χ2n) is 8.26. The standard InChI is InChI=1S/C22H29BN2O4/c1-16-7-6-8-18(15-16)25-20(26)24-13-14-27-19-11-9-17(10-12-19)23-28-21(2,3)22(4,5)29-23/h6-12,15H,13-14H2,1-5H3,(H2,24,25,26). The van der Waals surface area contributed by atoms with E-state index in [0.717, 1.165) is 22.5 Å². The Kier molecular flexibility index (Phi) is 6.20. The highest BCUT2D eigenvalue weighted by Crippen LogP contribution is 2.36. The van der Waals surface area contributed by atoms with Crippen LogP contribution < -0.4 is 20.8 Å². The Bertz CT molecular complexity index is 836. The van der Waals surface area contributed by atoms with Gasteiger partial charge in [0, 0.05) is 5.69 Å². The first-order valence-corrected chi connectivity index (χ1v) is 9.86. The van der Waals surface area contributed by atoms with E-state index in [0.29, 0.717) is 13.2 Å². The van der Waals surface area contributed by atoms with E-state index >= 15 is 0 Å². The molecule has 2 aromatic rings. The van der Waals surface area contributed by atoms with E-state index in [4.69, 9.17) is 14.0 Å². The third-order valence-corrected chi connectivity index (χ3v) is 5.34. The molecule has 1 aliphatic heterocycles. The van der Waals surface area contributed by atoms with Gasteiger partial charge in [-0.1, -0.05) is 24.3 Å². The van der Waals surface area contributed by atoms with Gasteiger partial charge in [-0.3, -0.25) is 0 Å². The van der Waals surface area contributed by atoms with E-state index in [9.17, 15) is 4.79 Å². The number of ether oxygens (including phenoxy) is 1. The van der Waals surface area contributed by atoms with Crippen molar-refractivity contribution >= 4 is 24.3 Å². The second kappa shape index (κ2) is 8.47. The number of amides is 2. The van der Waals surface area contributed by atoms with Gasteiger partial charge in [-0.25, -0.2) is 4.79 Å². The first kappa shape index (κ1) is 21.2. The lowest BCUT2D eigenvalue weighted by atomic mass is 9.79. The van der Waals surface area contributed by atoms with Gasteiger partial charge in [-0.15, -0.1) is 0 Å². The molecule has 0 spiro atoms. The van der Waals surface area contributed by atoms with Crippen molar-refractivity contribution in [3.05, 3.63) is 54.1 Å². The Labute approximate surface area is 173 Å². The van der Waals surface area contributed by atoms with Crippen molar-refractivity contribution in [1.82, 2.24) is 5.32 Å². The maximum Gasteiger partial charge on any atom is 0.494 e. The lowest BCUT2D eigenvalue weighted by Gasteiger charge is -2.32. The third-order valence-electron chi connectivity index (χ3n) is 5.34. The van der Waals surface area contributed by atoms with Crippen molar-refractivity contribution in [3.63, 3.8) is 0 Å². The smallest absolute Gasteiger partial charge is 0.492 e. The summed E-state index contributed by atoms with van der Waals surface area (Å²) in [6, 6.07) is 15.0. The van der Waals surface area contributed by atoms with Gasteiger partial charge in [-0.2, -0.15) is 0 Å². The van der Waals surface area contributed by atoms with Crippen LogP contribution in [-0.4, -0.2) is 37.5 Å². The minimum Gasteiger partial charge on any atom is -0.492 e. The number of urea groups is 1. The summed E-state index contributed by atoms with van der Waals surface area (Å²) in [5.41, 5.74) is 2.08. The van der Waals surface area contributed by atoms with E-state index in [2.05, 4.69) is 10.6 Å². The molecule has 1 fully saturated rings. The second-order valence-corrected chi connectivity index (χ2v) is 8.26. The van der Waals surface area contributed by atoms with Crippen molar-refractivity contribution in [2.75, 3.05) is 18.5 Å². The molecule has 0 saturated carbocycles. The molecule has 7 heteroatoms. The average molecular weight is 396 g/mol. The highest BCUT2D eigenvalue weighted by atomic mass is 16.7. The van der Waals surface area contributed by atoms with Crippen LogP contribution in [0.3, 0.4) is 0 Å². The number of rotatable bonds is 6. The van der Waals surface area contributed by atoms with Crippen molar-refractivity contribution in [2.45, 2.75) is 45.8 Å². The first-order valence-electron chi connectivity index (χ1n) is 9.86. The molecule has 3 rings (SSSR count). The van der Waals surface area contributed by atoms with Crippen molar-refractivity contribution in [3.8, 4) is 5.75 Å². The Morgan fingerprint density at radius 1 is 1.03 bits per heavy atom. The molecule has 2 aromatic carbocycles. The maximum atomic E-state index is 11.9. The molecule has 0 aliphatic carbocycles. The normalized spacial score (nSPS) is 17.1. The molecule has 0 unspecified atom stereocenters. The van der Waals surface area contributed by atoms with Gasteiger partial charge in [0.2, 0.25) is 0 Å². The van der Waals surface area contributed by atoms with Gasteiger partial charge in [0.05, 0.1) is 17.7 Å². The summed E-state index contributed by atoms with van der Waals surface area (Å²) < 4.78 is 17.8. The molecule has 6 nitrogen and oxygen atoms in total. The van der Waals surface area contributed by atoms with E-state index in [1.807, 2.05) is 83.1 Å². The lowest BCUT2D eigenvalue weighted by Crippen LogP contribution is -2.41. The molecule has 1 heterocycles. The zero-order chi connectivity index (χ0) is 21.1. The molecule has 1 aliphatic rings. The van der Waals surface area contributed by atoms with Crippen molar-refractivity contribution in [2.24, 2.45) is 0 Å². The maximum absolute atomic E-state index is 11.9. The number of carbonyl (C=O) groups excluding carboxylic acids is 1. The molecule has 2 amide bonds. The van der Waals surface area contributed by atoms with E-state index in [-0.39, 0.29) is 24.4 Å². The highest BCUT2D eigenvalue weighted by Gasteiger charge is 2.51. The number of aryl methyl sites for hydroxylation is 1. The molecule has 0 radical (unpaired) electrons. The third kappa shape index (κ3) is 5.31. The zero-order valence-electron chi connectivity index (χ0n) is 17.7. The molecule has 154 valence electrons. The predicted octanol–water partition coefficient (Wildman–Crippen LogP) is 3.49. The molecular formula is C22H29BN2O4. The van der Waals surface area contributed by atoms with Gasteiger partial charge in [0.1, 0.15) is 12.4 Å².